The maximum atomic E-state index is 8.72. The third-order valence-corrected chi connectivity index (χ3v) is 3.45. The van der Waals surface area contributed by atoms with E-state index in [9.17, 15) is 0 Å². The van der Waals surface area contributed by atoms with Gasteiger partial charge in [0.25, 0.3) is 0 Å². The maximum Gasteiger partial charge on any atom is 0.109 e. The van der Waals surface area contributed by atoms with Crippen LogP contribution in [0.1, 0.15) is 19.2 Å². The highest BCUT2D eigenvalue weighted by Gasteiger charge is 2.10. The summed E-state index contributed by atoms with van der Waals surface area (Å²) in [6, 6.07) is 12.5. The van der Waals surface area contributed by atoms with Crippen molar-refractivity contribution in [2.24, 2.45) is 0 Å². The lowest BCUT2D eigenvalue weighted by atomic mass is 10.2. The fourth-order valence-corrected chi connectivity index (χ4v) is 2.44. The summed E-state index contributed by atoms with van der Waals surface area (Å²) >= 11 is 0. The summed E-state index contributed by atoms with van der Waals surface area (Å²) < 4.78 is 2.07. The molecule has 2 aromatic heterocycles. The molecule has 1 N–H and O–H groups in total. The van der Waals surface area contributed by atoms with E-state index in [4.69, 9.17) is 5.26 Å². The number of nitriles is 1. The zero-order valence-electron chi connectivity index (χ0n) is 11.4. The molecule has 3 aromatic rings. The van der Waals surface area contributed by atoms with Gasteiger partial charge in [-0.2, -0.15) is 5.26 Å². The van der Waals surface area contributed by atoms with Crippen molar-refractivity contribution in [2.75, 3.05) is 0 Å². The number of aromatic nitrogens is 3. The first-order chi connectivity index (χ1) is 9.81. The van der Waals surface area contributed by atoms with Crippen LogP contribution >= 0.6 is 0 Å². The number of hydrogen-bond acceptors (Lipinski definition) is 2. The predicted octanol–water partition coefficient (Wildman–Crippen LogP) is 3.51. The van der Waals surface area contributed by atoms with E-state index in [0.29, 0.717) is 13.0 Å². The summed E-state index contributed by atoms with van der Waals surface area (Å²) in [4.78, 5) is 8.06. The number of rotatable bonds is 4. The van der Waals surface area contributed by atoms with Crippen molar-refractivity contribution in [1.29, 1.82) is 5.26 Å². The maximum absolute atomic E-state index is 8.72. The molecule has 0 radical (unpaired) electrons. The van der Waals surface area contributed by atoms with Crippen LogP contribution in [0.3, 0.4) is 0 Å². The van der Waals surface area contributed by atoms with Crippen LogP contribution in [0, 0.1) is 11.3 Å². The van der Waals surface area contributed by atoms with Crippen LogP contribution in [0.2, 0.25) is 0 Å². The van der Waals surface area contributed by atoms with Gasteiger partial charge in [0.05, 0.1) is 18.2 Å². The second-order valence-corrected chi connectivity index (χ2v) is 4.77. The quantitative estimate of drug-likeness (QED) is 0.784. The van der Waals surface area contributed by atoms with Gasteiger partial charge in [0.2, 0.25) is 0 Å². The molecule has 0 aliphatic carbocycles. The van der Waals surface area contributed by atoms with Gasteiger partial charge in [-0.25, -0.2) is 4.98 Å². The van der Waals surface area contributed by atoms with Gasteiger partial charge in [-0.15, -0.1) is 0 Å². The van der Waals surface area contributed by atoms with Gasteiger partial charge in [-0.1, -0.05) is 25.1 Å². The van der Waals surface area contributed by atoms with Crippen molar-refractivity contribution in [3.63, 3.8) is 0 Å². The lowest BCUT2D eigenvalue weighted by molar-refractivity contribution is 0.670. The first-order valence-corrected chi connectivity index (χ1v) is 6.83. The Hall–Kier alpha value is -2.54. The SMILES string of the molecule is CCc1nc(-c2cc3ccccc3[nH]2)cn1CCC#N. The van der Waals surface area contributed by atoms with Crippen LogP contribution in [0.15, 0.2) is 36.5 Å². The topological polar surface area (TPSA) is 57.4 Å². The first-order valence-electron chi connectivity index (χ1n) is 6.83. The Balaban J connectivity index is 2.01. The Kier molecular flexibility index (Phi) is 3.26. The van der Waals surface area contributed by atoms with Crippen LogP contribution in [0.4, 0.5) is 0 Å². The number of nitrogens with zero attached hydrogens (tertiary/aromatic N) is 3. The van der Waals surface area contributed by atoms with Crippen molar-refractivity contribution < 1.29 is 0 Å². The number of fused-ring (bicyclic) bond motifs is 1. The van der Waals surface area contributed by atoms with Gasteiger partial charge < -0.3 is 9.55 Å². The molecule has 2 heterocycles. The number of para-hydroxylation sites is 1. The predicted molar refractivity (Wildman–Crippen MR) is 79.1 cm³/mol. The standard InChI is InChI=1S/C16H16N4/c1-2-16-19-15(11-20(16)9-5-8-17)14-10-12-6-3-4-7-13(12)18-14/h3-4,6-7,10-11,18H,2,5,9H2,1H3. The summed E-state index contributed by atoms with van der Waals surface area (Å²) in [5, 5.41) is 9.91. The van der Waals surface area contributed by atoms with Crippen molar-refractivity contribution in [3.8, 4) is 17.5 Å². The highest BCUT2D eigenvalue weighted by atomic mass is 15.1. The van der Waals surface area contributed by atoms with Gasteiger partial charge in [-0.05, 0) is 12.1 Å². The minimum atomic E-state index is 0.509. The molecule has 0 bridgehead atoms. The highest BCUT2D eigenvalue weighted by Crippen LogP contribution is 2.23. The minimum Gasteiger partial charge on any atom is -0.353 e. The largest absolute Gasteiger partial charge is 0.353 e. The third-order valence-electron chi connectivity index (χ3n) is 3.45. The van der Waals surface area contributed by atoms with Crippen LogP contribution in [0.25, 0.3) is 22.3 Å². The monoisotopic (exact) mass is 264 g/mol. The lowest BCUT2D eigenvalue weighted by Gasteiger charge is -2.01. The second-order valence-electron chi connectivity index (χ2n) is 4.77. The third kappa shape index (κ3) is 2.19. The van der Waals surface area contributed by atoms with E-state index in [1.165, 1.54) is 5.39 Å². The van der Waals surface area contributed by atoms with E-state index < -0.39 is 0 Å². The molecule has 0 saturated heterocycles. The van der Waals surface area contributed by atoms with Crippen molar-refractivity contribution in [2.45, 2.75) is 26.3 Å². The molecule has 1 aromatic carbocycles. The number of imidazole rings is 1. The number of nitrogens with one attached hydrogen (secondary N) is 1. The summed E-state index contributed by atoms with van der Waals surface area (Å²) in [7, 11) is 0. The van der Waals surface area contributed by atoms with Crippen LogP contribution in [-0.2, 0) is 13.0 Å². The molecule has 4 heteroatoms. The fraction of sp³-hybridized carbons (Fsp3) is 0.250. The van der Waals surface area contributed by atoms with Gasteiger partial charge in [0, 0.05) is 30.1 Å². The molecule has 20 heavy (non-hydrogen) atoms. The van der Waals surface area contributed by atoms with Gasteiger partial charge in [0.1, 0.15) is 11.5 Å². The average molecular weight is 264 g/mol. The molecule has 0 fully saturated rings. The molecule has 0 saturated carbocycles. The molecule has 0 amide bonds. The Morgan fingerprint density at radius 1 is 1.35 bits per heavy atom. The summed E-state index contributed by atoms with van der Waals surface area (Å²) in [6.07, 6.45) is 3.40. The van der Waals surface area contributed by atoms with E-state index in [1.807, 2.05) is 18.3 Å². The molecule has 100 valence electrons. The van der Waals surface area contributed by atoms with Crippen LogP contribution in [-0.4, -0.2) is 14.5 Å². The van der Waals surface area contributed by atoms with Crippen molar-refractivity contribution in [3.05, 3.63) is 42.4 Å². The molecular weight excluding hydrogens is 248 g/mol. The first kappa shape index (κ1) is 12.5. The molecule has 3 rings (SSSR count). The van der Waals surface area contributed by atoms with Crippen molar-refractivity contribution >= 4 is 10.9 Å². The molecule has 0 atom stereocenters. The lowest BCUT2D eigenvalue weighted by Crippen LogP contribution is -2.00. The van der Waals surface area contributed by atoms with E-state index in [-0.39, 0.29) is 0 Å². The normalized spacial score (nSPS) is 10.8. The average Bonchev–Trinajstić information content (AvgIpc) is 3.08. The van der Waals surface area contributed by atoms with Crippen LogP contribution in [0.5, 0.6) is 0 Å². The van der Waals surface area contributed by atoms with E-state index in [1.54, 1.807) is 0 Å². The summed E-state index contributed by atoms with van der Waals surface area (Å²) in [5.41, 5.74) is 3.08. The summed E-state index contributed by atoms with van der Waals surface area (Å²) in [6.45, 7) is 2.78. The molecule has 0 spiro atoms. The van der Waals surface area contributed by atoms with E-state index in [2.05, 4.69) is 45.7 Å². The Bertz CT molecular complexity index is 740. The number of aryl methyl sites for hydroxylation is 2. The summed E-state index contributed by atoms with van der Waals surface area (Å²) in [5.74, 6) is 1.02. The fourth-order valence-electron chi connectivity index (χ4n) is 2.44. The van der Waals surface area contributed by atoms with Crippen LogP contribution < -0.4 is 0 Å². The van der Waals surface area contributed by atoms with E-state index >= 15 is 0 Å². The Morgan fingerprint density at radius 3 is 2.95 bits per heavy atom. The molecule has 0 unspecified atom stereocenters. The Labute approximate surface area is 117 Å². The molecule has 0 aliphatic heterocycles. The zero-order valence-corrected chi connectivity index (χ0v) is 11.4. The van der Waals surface area contributed by atoms with Gasteiger partial charge in [-0.3, -0.25) is 0 Å². The molecule has 4 nitrogen and oxygen atoms in total. The smallest absolute Gasteiger partial charge is 0.109 e. The number of H-pyrrole nitrogens is 1. The highest BCUT2D eigenvalue weighted by molar-refractivity contribution is 5.85. The molecule has 0 aliphatic rings. The van der Waals surface area contributed by atoms with Gasteiger partial charge >= 0.3 is 0 Å². The minimum absolute atomic E-state index is 0.509. The number of benzene rings is 1. The zero-order chi connectivity index (χ0) is 13.9. The molecular formula is C16H16N4. The van der Waals surface area contributed by atoms with Gasteiger partial charge in [0.15, 0.2) is 0 Å². The number of hydrogen-bond donors (Lipinski definition) is 1. The van der Waals surface area contributed by atoms with E-state index in [0.717, 1.165) is 29.1 Å². The Morgan fingerprint density at radius 2 is 2.20 bits per heavy atom. The second kappa shape index (κ2) is 5.22. The van der Waals surface area contributed by atoms with Crippen molar-refractivity contribution in [1.82, 2.24) is 14.5 Å². The number of aromatic amines is 1.